The van der Waals surface area contributed by atoms with Crippen LogP contribution in [0, 0.1) is 12.7 Å². The highest BCUT2D eigenvalue weighted by Gasteiger charge is 2.15. The van der Waals surface area contributed by atoms with Crippen molar-refractivity contribution in [2.45, 2.75) is 30.1 Å². The quantitative estimate of drug-likeness (QED) is 0.775. The van der Waals surface area contributed by atoms with E-state index in [0.29, 0.717) is 21.9 Å². The van der Waals surface area contributed by atoms with Crippen LogP contribution < -0.4 is 0 Å². The number of fused-ring (bicyclic) bond motifs is 1. The summed E-state index contributed by atoms with van der Waals surface area (Å²) in [4.78, 5) is 5.13. The van der Waals surface area contributed by atoms with Crippen LogP contribution in [0.25, 0.3) is 11.1 Å². The third-order valence-electron chi connectivity index (χ3n) is 3.21. The highest BCUT2D eigenvalue weighted by molar-refractivity contribution is 7.99. The van der Waals surface area contributed by atoms with Gasteiger partial charge in [-0.15, -0.1) is 0 Å². The third-order valence-corrected chi connectivity index (χ3v) is 4.14. The molecule has 0 amide bonds. The molecule has 0 spiro atoms. The molecular formula is C16H14FNO2S. The molecule has 0 bridgehead atoms. The molecule has 0 saturated carbocycles. The minimum atomic E-state index is -0.757. The molecule has 108 valence electrons. The van der Waals surface area contributed by atoms with Gasteiger partial charge in [-0.25, -0.2) is 9.37 Å². The van der Waals surface area contributed by atoms with E-state index in [-0.39, 0.29) is 5.82 Å². The van der Waals surface area contributed by atoms with Crippen LogP contribution in [0.4, 0.5) is 4.39 Å². The number of halogens is 1. The van der Waals surface area contributed by atoms with E-state index in [1.165, 1.54) is 17.8 Å². The largest absolute Gasteiger partial charge is 0.431 e. The lowest BCUT2D eigenvalue weighted by Gasteiger charge is -2.11. The molecule has 0 radical (unpaired) electrons. The zero-order chi connectivity index (χ0) is 15.0. The van der Waals surface area contributed by atoms with Gasteiger partial charge in [-0.1, -0.05) is 12.1 Å². The Hall–Kier alpha value is -1.85. The molecule has 1 aromatic heterocycles. The lowest BCUT2D eigenvalue weighted by atomic mass is 10.1. The smallest absolute Gasteiger partial charge is 0.261 e. The Morgan fingerprint density at radius 3 is 2.76 bits per heavy atom. The van der Waals surface area contributed by atoms with E-state index < -0.39 is 6.10 Å². The van der Waals surface area contributed by atoms with Gasteiger partial charge < -0.3 is 9.52 Å². The molecule has 1 N–H and O–H groups in total. The molecule has 21 heavy (non-hydrogen) atoms. The van der Waals surface area contributed by atoms with Gasteiger partial charge in [-0.3, -0.25) is 0 Å². The average molecular weight is 303 g/mol. The van der Waals surface area contributed by atoms with E-state index >= 15 is 0 Å². The highest BCUT2D eigenvalue weighted by Crippen LogP contribution is 2.35. The minimum Gasteiger partial charge on any atom is -0.431 e. The van der Waals surface area contributed by atoms with Crippen molar-refractivity contribution in [2.75, 3.05) is 0 Å². The van der Waals surface area contributed by atoms with Crippen molar-refractivity contribution in [2.24, 2.45) is 0 Å². The maximum atomic E-state index is 13.7. The fourth-order valence-corrected chi connectivity index (χ4v) is 3.12. The van der Waals surface area contributed by atoms with Crippen molar-refractivity contribution < 1.29 is 13.9 Å². The molecule has 0 saturated heterocycles. The Morgan fingerprint density at radius 1 is 1.29 bits per heavy atom. The Bertz CT molecular complexity index is 765. The number of rotatable bonds is 3. The molecule has 0 aliphatic heterocycles. The van der Waals surface area contributed by atoms with Crippen LogP contribution in [0.2, 0.25) is 0 Å². The average Bonchev–Trinajstić information content (AvgIpc) is 2.84. The van der Waals surface area contributed by atoms with Crippen LogP contribution in [-0.2, 0) is 0 Å². The summed E-state index contributed by atoms with van der Waals surface area (Å²) in [6.45, 7) is 3.30. The topological polar surface area (TPSA) is 46.3 Å². The standard InChI is InChI=1S/C16H14FNO2S/c1-9-7-15(11(10(2)19)8-12(9)17)21-16-18-13-5-3-4-6-14(13)20-16/h3-8,10,19H,1-2H3. The Kier molecular flexibility index (Phi) is 3.69. The summed E-state index contributed by atoms with van der Waals surface area (Å²) in [6.07, 6.45) is -0.757. The highest BCUT2D eigenvalue weighted by atomic mass is 32.2. The number of oxazole rings is 1. The van der Waals surface area contributed by atoms with Gasteiger partial charge in [-0.2, -0.15) is 0 Å². The molecule has 2 aromatic carbocycles. The molecular weight excluding hydrogens is 289 g/mol. The number of benzene rings is 2. The first kappa shape index (κ1) is 14.1. The van der Waals surface area contributed by atoms with E-state index in [9.17, 15) is 9.50 Å². The molecule has 1 atom stereocenters. The van der Waals surface area contributed by atoms with E-state index in [1.807, 2.05) is 24.3 Å². The second-order valence-corrected chi connectivity index (χ2v) is 5.86. The van der Waals surface area contributed by atoms with Crippen molar-refractivity contribution >= 4 is 22.9 Å². The van der Waals surface area contributed by atoms with Crippen molar-refractivity contribution in [3.8, 4) is 0 Å². The maximum Gasteiger partial charge on any atom is 0.261 e. The number of hydrogen-bond acceptors (Lipinski definition) is 4. The molecule has 1 heterocycles. The minimum absolute atomic E-state index is 0.326. The first-order chi connectivity index (χ1) is 10.0. The van der Waals surface area contributed by atoms with Gasteiger partial charge in [0, 0.05) is 4.90 Å². The van der Waals surface area contributed by atoms with Gasteiger partial charge >= 0.3 is 0 Å². The Balaban J connectivity index is 2.02. The summed E-state index contributed by atoms with van der Waals surface area (Å²) < 4.78 is 19.3. The molecule has 5 heteroatoms. The lowest BCUT2D eigenvalue weighted by Crippen LogP contribution is -1.97. The predicted octanol–water partition coefficient (Wildman–Crippen LogP) is 4.48. The van der Waals surface area contributed by atoms with E-state index in [2.05, 4.69) is 4.98 Å². The zero-order valence-corrected chi connectivity index (χ0v) is 12.4. The second-order valence-electron chi connectivity index (χ2n) is 4.86. The van der Waals surface area contributed by atoms with Gasteiger partial charge in [0.2, 0.25) is 0 Å². The van der Waals surface area contributed by atoms with Crippen molar-refractivity contribution in [1.82, 2.24) is 4.98 Å². The Labute approximate surface area is 125 Å². The molecule has 0 aliphatic rings. The van der Waals surface area contributed by atoms with Gasteiger partial charge in [0.25, 0.3) is 5.22 Å². The number of nitrogens with zero attached hydrogens (tertiary/aromatic N) is 1. The predicted molar refractivity (Wildman–Crippen MR) is 79.9 cm³/mol. The van der Waals surface area contributed by atoms with Crippen molar-refractivity contribution in [1.29, 1.82) is 0 Å². The van der Waals surface area contributed by atoms with Crippen LogP contribution in [0.3, 0.4) is 0 Å². The van der Waals surface area contributed by atoms with Gasteiger partial charge in [0.15, 0.2) is 5.58 Å². The normalized spacial score (nSPS) is 12.8. The molecule has 3 rings (SSSR count). The van der Waals surface area contributed by atoms with Crippen LogP contribution >= 0.6 is 11.8 Å². The molecule has 0 fully saturated rings. The number of aliphatic hydroxyl groups is 1. The zero-order valence-electron chi connectivity index (χ0n) is 11.6. The summed E-state index contributed by atoms with van der Waals surface area (Å²) in [6, 6.07) is 10.6. The van der Waals surface area contributed by atoms with Crippen molar-refractivity contribution in [3.05, 3.63) is 53.3 Å². The van der Waals surface area contributed by atoms with E-state index in [1.54, 1.807) is 19.9 Å². The van der Waals surface area contributed by atoms with Crippen LogP contribution in [0.1, 0.15) is 24.2 Å². The first-order valence-corrected chi connectivity index (χ1v) is 7.38. The van der Waals surface area contributed by atoms with Gasteiger partial charge in [0.1, 0.15) is 11.3 Å². The summed E-state index contributed by atoms with van der Waals surface area (Å²) in [5.74, 6) is -0.326. The molecule has 3 aromatic rings. The summed E-state index contributed by atoms with van der Waals surface area (Å²) in [5, 5.41) is 10.3. The summed E-state index contributed by atoms with van der Waals surface area (Å²) in [7, 11) is 0. The number of aliphatic hydroxyl groups excluding tert-OH is 1. The summed E-state index contributed by atoms with van der Waals surface area (Å²) >= 11 is 1.29. The summed E-state index contributed by atoms with van der Waals surface area (Å²) in [5.41, 5.74) is 2.54. The lowest BCUT2D eigenvalue weighted by molar-refractivity contribution is 0.196. The third kappa shape index (κ3) is 2.80. The maximum absolute atomic E-state index is 13.7. The van der Waals surface area contributed by atoms with Gasteiger partial charge in [0.05, 0.1) is 6.10 Å². The van der Waals surface area contributed by atoms with E-state index in [0.717, 1.165) is 10.4 Å². The molecule has 3 nitrogen and oxygen atoms in total. The van der Waals surface area contributed by atoms with Crippen molar-refractivity contribution in [3.63, 3.8) is 0 Å². The monoisotopic (exact) mass is 303 g/mol. The number of aryl methyl sites for hydroxylation is 1. The van der Waals surface area contributed by atoms with Gasteiger partial charge in [-0.05, 0) is 61.0 Å². The van der Waals surface area contributed by atoms with E-state index in [4.69, 9.17) is 4.42 Å². The number of aromatic nitrogens is 1. The Morgan fingerprint density at radius 2 is 2.05 bits per heavy atom. The molecule has 0 aliphatic carbocycles. The van der Waals surface area contributed by atoms with Crippen LogP contribution in [0.5, 0.6) is 0 Å². The van der Waals surface area contributed by atoms with Crippen LogP contribution in [0.15, 0.2) is 50.9 Å². The fourth-order valence-electron chi connectivity index (χ4n) is 2.07. The number of hydrogen-bond donors (Lipinski definition) is 1. The van der Waals surface area contributed by atoms with Crippen LogP contribution in [-0.4, -0.2) is 10.1 Å². The number of para-hydroxylation sites is 2. The fraction of sp³-hybridized carbons (Fsp3) is 0.188. The molecule has 1 unspecified atom stereocenters. The first-order valence-electron chi connectivity index (χ1n) is 6.56. The SMILES string of the molecule is Cc1cc(Sc2nc3ccccc3o2)c(C(C)O)cc1F. The second kappa shape index (κ2) is 5.50.